The van der Waals surface area contributed by atoms with Gasteiger partial charge in [-0.1, -0.05) is 44.5 Å². The fraction of sp³-hybridized carbons (Fsp3) is 0.522. The second kappa shape index (κ2) is 8.75. The lowest BCUT2D eigenvalue weighted by molar-refractivity contribution is -0.142. The van der Waals surface area contributed by atoms with Gasteiger partial charge in [0.05, 0.1) is 6.61 Å². The standard InChI is InChI=1S/C23H31NO3/c1-4-6-16-26-21-14-13-20(18-9-7-8-10-19(18)21)24-22(25)23(3,17-11-12-17)27-15-5-2/h7-10,13-14,17H,4-6,11-12,15-16H2,1-3H3,(H,24,25). The van der Waals surface area contributed by atoms with E-state index < -0.39 is 5.60 Å². The molecule has 0 aromatic heterocycles. The van der Waals surface area contributed by atoms with Gasteiger partial charge in [-0.05, 0) is 50.7 Å². The molecule has 0 radical (unpaired) electrons. The third-order valence-electron chi connectivity index (χ3n) is 5.30. The molecule has 146 valence electrons. The number of rotatable bonds is 10. The van der Waals surface area contributed by atoms with Crippen molar-refractivity contribution >= 4 is 22.4 Å². The largest absolute Gasteiger partial charge is 0.493 e. The maximum absolute atomic E-state index is 13.1. The molecule has 0 spiro atoms. The van der Waals surface area contributed by atoms with Crippen molar-refractivity contribution < 1.29 is 14.3 Å². The number of fused-ring (bicyclic) bond motifs is 1. The van der Waals surface area contributed by atoms with Gasteiger partial charge in [-0.2, -0.15) is 0 Å². The highest BCUT2D eigenvalue weighted by Crippen LogP contribution is 2.43. The molecule has 1 N–H and O–H groups in total. The summed E-state index contributed by atoms with van der Waals surface area (Å²) >= 11 is 0. The zero-order chi connectivity index (χ0) is 19.3. The van der Waals surface area contributed by atoms with Crippen molar-refractivity contribution in [3.05, 3.63) is 36.4 Å². The van der Waals surface area contributed by atoms with Crippen LogP contribution in [0.15, 0.2) is 36.4 Å². The zero-order valence-corrected chi connectivity index (χ0v) is 16.7. The van der Waals surface area contributed by atoms with E-state index in [1.54, 1.807) is 0 Å². The molecule has 0 heterocycles. The van der Waals surface area contributed by atoms with Gasteiger partial charge in [0.25, 0.3) is 5.91 Å². The van der Waals surface area contributed by atoms with E-state index in [1.807, 2.05) is 43.3 Å². The van der Waals surface area contributed by atoms with E-state index in [4.69, 9.17) is 9.47 Å². The summed E-state index contributed by atoms with van der Waals surface area (Å²) in [5.74, 6) is 1.12. The first-order chi connectivity index (χ1) is 13.1. The molecule has 0 saturated heterocycles. The van der Waals surface area contributed by atoms with E-state index in [1.165, 1.54) is 0 Å². The van der Waals surface area contributed by atoms with Crippen molar-refractivity contribution in [3.63, 3.8) is 0 Å². The summed E-state index contributed by atoms with van der Waals surface area (Å²) in [5.41, 5.74) is 0.0540. The van der Waals surface area contributed by atoms with Gasteiger partial charge in [-0.15, -0.1) is 0 Å². The first-order valence-corrected chi connectivity index (χ1v) is 10.2. The van der Waals surface area contributed by atoms with Crippen LogP contribution in [0.25, 0.3) is 10.8 Å². The van der Waals surface area contributed by atoms with E-state index in [9.17, 15) is 4.79 Å². The SMILES string of the molecule is CCCCOc1ccc(NC(=O)C(C)(OCCC)C2CC2)c2ccccc12. The van der Waals surface area contributed by atoms with Crippen molar-refractivity contribution in [1.29, 1.82) is 0 Å². The summed E-state index contributed by atoms with van der Waals surface area (Å²) in [6, 6.07) is 11.9. The second-order valence-electron chi connectivity index (χ2n) is 7.54. The number of ether oxygens (including phenoxy) is 2. The lowest BCUT2D eigenvalue weighted by Crippen LogP contribution is -2.45. The molecule has 4 heteroatoms. The Morgan fingerprint density at radius 2 is 1.81 bits per heavy atom. The molecule has 1 aliphatic carbocycles. The minimum Gasteiger partial charge on any atom is -0.493 e. The summed E-state index contributed by atoms with van der Waals surface area (Å²) in [7, 11) is 0. The van der Waals surface area contributed by atoms with Gasteiger partial charge in [0.1, 0.15) is 11.4 Å². The minimum atomic E-state index is -0.757. The fourth-order valence-electron chi connectivity index (χ4n) is 3.40. The fourth-order valence-corrected chi connectivity index (χ4v) is 3.40. The van der Waals surface area contributed by atoms with E-state index in [2.05, 4.69) is 19.2 Å². The number of anilines is 1. The quantitative estimate of drug-likeness (QED) is 0.558. The van der Waals surface area contributed by atoms with Crippen molar-refractivity contribution in [1.82, 2.24) is 0 Å². The first kappa shape index (κ1) is 19.7. The molecule has 1 amide bonds. The second-order valence-corrected chi connectivity index (χ2v) is 7.54. The number of hydrogen-bond acceptors (Lipinski definition) is 3. The van der Waals surface area contributed by atoms with Gasteiger partial charge in [0, 0.05) is 23.1 Å². The summed E-state index contributed by atoms with van der Waals surface area (Å²) in [4.78, 5) is 13.1. The van der Waals surface area contributed by atoms with Gasteiger partial charge in [0.2, 0.25) is 0 Å². The molecule has 1 unspecified atom stereocenters. The Kier molecular flexibility index (Phi) is 6.38. The molecule has 2 aromatic carbocycles. The number of unbranched alkanes of at least 4 members (excludes halogenated alkanes) is 1. The summed E-state index contributed by atoms with van der Waals surface area (Å²) in [6.45, 7) is 7.45. The molecule has 1 saturated carbocycles. The average Bonchev–Trinajstić information content (AvgIpc) is 3.53. The summed E-state index contributed by atoms with van der Waals surface area (Å²) in [5, 5.41) is 5.15. The number of carbonyl (C=O) groups excluding carboxylic acids is 1. The Morgan fingerprint density at radius 3 is 2.48 bits per heavy atom. The number of nitrogens with one attached hydrogen (secondary N) is 1. The Hall–Kier alpha value is -2.07. The van der Waals surface area contributed by atoms with Crippen LogP contribution in [-0.2, 0) is 9.53 Å². The van der Waals surface area contributed by atoms with Crippen LogP contribution in [0.1, 0.15) is 52.9 Å². The number of hydrogen-bond donors (Lipinski definition) is 1. The molecule has 4 nitrogen and oxygen atoms in total. The lowest BCUT2D eigenvalue weighted by atomic mass is 9.98. The molecule has 1 fully saturated rings. The highest BCUT2D eigenvalue weighted by Gasteiger charge is 2.48. The van der Waals surface area contributed by atoms with E-state index in [0.717, 1.165) is 54.3 Å². The maximum Gasteiger partial charge on any atom is 0.256 e. The van der Waals surface area contributed by atoms with Crippen LogP contribution in [0, 0.1) is 5.92 Å². The highest BCUT2D eigenvalue weighted by atomic mass is 16.5. The van der Waals surface area contributed by atoms with Crippen molar-refractivity contribution in [2.75, 3.05) is 18.5 Å². The van der Waals surface area contributed by atoms with Crippen LogP contribution < -0.4 is 10.1 Å². The minimum absolute atomic E-state index is 0.0525. The zero-order valence-electron chi connectivity index (χ0n) is 16.7. The van der Waals surface area contributed by atoms with Gasteiger partial charge >= 0.3 is 0 Å². The molecule has 1 atom stereocenters. The Labute approximate surface area is 162 Å². The molecule has 0 bridgehead atoms. The number of amides is 1. The van der Waals surface area contributed by atoms with Crippen LogP contribution in [0.2, 0.25) is 0 Å². The Bertz CT molecular complexity index is 784. The van der Waals surface area contributed by atoms with Crippen molar-refractivity contribution in [2.24, 2.45) is 5.92 Å². The van der Waals surface area contributed by atoms with Crippen LogP contribution in [0.4, 0.5) is 5.69 Å². The Morgan fingerprint density at radius 1 is 1.07 bits per heavy atom. The van der Waals surface area contributed by atoms with Crippen LogP contribution in [0.3, 0.4) is 0 Å². The van der Waals surface area contributed by atoms with Crippen LogP contribution >= 0.6 is 0 Å². The molecular weight excluding hydrogens is 338 g/mol. The lowest BCUT2D eigenvalue weighted by Gasteiger charge is -2.29. The van der Waals surface area contributed by atoms with Crippen molar-refractivity contribution in [2.45, 2.75) is 58.5 Å². The molecule has 1 aliphatic rings. The summed E-state index contributed by atoms with van der Waals surface area (Å²) < 4.78 is 12.0. The summed E-state index contributed by atoms with van der Waals surface area (Å²) in [6.07, 6.45) is 5.14. The van der Waals surface area contributed by atoms with Crippen LogP contribution in [0.5, 0.6) is 5.75 Å². The Balaban J connectivity index is 1.84. The molecule has 3 rings (SSSR count). The van der Waals surface area contributed by atoms with Gasteiger partial charge in [0.15, 0.2) is 0 Å². The maximum atomic E-state index is 13.1. The first-order valence-electron chi connectivity index (χ1n) is 10.2. The van der Waals surface area contributed by atoms with Crippen LogP contribution in [-0.4, -0.2) is 24.7 Å². The van der Waals surface area contributed by atoms with Gasteiger partial charge in [-0.3, -0.25) is 4.79 Å². The predicted molar refractivity (Wildman–Crippen MR) is 110 cm³/mol. The predicted octanol–water partition coefficient (Wildman–Crippen LogP) is 5.55. The van der Waals surface area contributed by atoms with Gasteiger partial charge < -0.3 is 14.8 Å². The number of benzene rings is 2. The normalized spacial score (nSPS) is 16.1. The highest BCUT2D eigenvalue weighted by molar-refractivity contribution is 6.06. The van der Waals surface area contributed by atoms with E-state index in [0.29, 0.717) is 19.1 Å². The van der Waals surface area contributed by atoms with E-state index >= 15 is 0 Å². The smallest absolute Gasteiger partial charge is 0.256 e. The topological polar surface area (TPSA) is 47.6 Å². The van der Waals surface area contributed by atoms with Crippen molar-refractivity contribution in [3.8, 4) is 5.75 Å². The number of carbonyl (C=O) groups is 1. The third-order valence-corrected chi connectivity index (χ3v) is 5.30. The monoisotopic (exact) mass is 369 g/mol. The van der Waals surface area contributed by atoms with E-state index in [-0.39, 0.29) is 5.91 Å². The third kappa shape index (κ3) is 4.44. The molecule has 2 aromatic rings. The van der Waals surface area contributed by atoms with Gasteiger partial charge in [-0.25, -0.2) is 0 Å². The molecular formula is C23H31NO3. The molecule has 27 heavy (non-hydrogen) atoms. The molecule has 0 aliphatic heterocycles. The average molecular weight is 370 g/mol.